The van der Waals surface area contributed by atoms with Gasteiger partial charge in [-0.2, -0.15) is 0 Å². The molecule has 1 aromatic heterocycles. The number of halogens is 4. The lowest BCUT2D eigenvalue weighted by Gasteiger charge is -2.40. The van der Waals surface area contributed by atoms with Gasteiger partial charge in [-0.25, -0.2) is 4.39 Å². The van der Waals surface area contributed by atoms with E-state index in [0.29, 0.717) is 36.7 Å². The van der Waals surface area contributed by atoms with E-state index in [-0.39, 0.29) is 29.9 Å². The summed E-state index contributed by atoms with van der Waals surface area (Å²) >= 11 is 0. The van der Waals surface area contributed by atoms with Crippen molar-refractivity contribution >= 4 is 22.5 Å². The zero-order valence-electron chi connectivity index (χ0n) is 20.5. The van der Waals surface area contributed by atoms with Gasteiger partial charge in [-0.15, -0.1) is 23.4 Å². The molecule has 0 aliphatic carbocycles. The summed E-state index contributed by atoms with van der Waals surface area (Å²) in [6.45, 7) is 3.50. The molecule has 0 bridgehead atoms. The Labute approximate surface area is 216 Å². The summed E-state index contributed by atoms with van der Waals surface area (Å²) in [7, 11) is 0. The number of alkyl halides is 3. The fourth-order valence-electron chi connectivity index (χ4n) is 4.75. The molecule has 6 nitrogen and oxygen atoms in total. The fraction of sp³-hybridized carbons (Fsp3) is 0.250. The summed E-state index contributed by atoms with van der Waals surface area (Å²) in [5.41, 5.74) is 2.04. The SMILES string of the molecule is CC1CN(c2nnc(-c3ccc(F)cc3)c3ccccc23)CCN1C(=O)Cc1ccc(OC(F)(F)F)cc1. The quantitative estimate of drug-likeness (QED) is 0.318. The first-order valence-electron chi connectivity index (χ1n) is 12.1. The molecule has 0 radical (unpaired) electrons. The monoisotopic (exact) mass is 524 g/mol. The van der Waals surface area contributed by atoms with Crippen molar-refractivity contribution in [2.75, 3.05) is 24.5 Å². The number of carbonyl (C=O) groups is 1. The van der Waals surface area contributed by atoms with Gasteiger partial charge in [0.1, 0.15) is 17.3 Å². The number of anilines is 1. The van der Waals surface area contributed by atoms with Crippen molar-refractivity contribution in [2.45, 2.75) is 25.7 Å². The number of aromatic nitrogens is 2. The van der Waals surface area contributed by atoms with Crippen molar-refractivity contribution in [3.05, 3.63) is 84.2 Å². The molecule has 4 aromatic rings. The van der Waals surface area contributed by atoms with Crippen molar-refractivity contribution in [1.29, 1.82) is 0 Å². The zero-order valence-corrected chi connectivity index (χ0v) is 20.5. The van der Waals surface area contributed by atoms with Crippen molar-refractivity contribution < 1.29 is 27.1 Å². The third-order valence-corrected chi connectivity index (χ3v) is 6.55. The molecule has 1 amide bonds. The van der Waals surface area contributed by atoms with Crippen molar-refractivity contribution in [1.82, 2.24) is 15.1 Å². The van der Waals surface area contributed by atoms with Gasteiger partial charge < -0.3 is 14.5 Å². The Morgan fingerprint density at radius 3 is 2.29 bits per heavy atom. The van der Waals surface area contributed by atoms with Crippen molar-refractivity contribution in [3.63, 3.8) is 0 Å². The lowest BCUT2D eigenvalue weighted by Crippen LogP contribution is -2.54. The number of nitrogens with zero attached hydrogens (tertiary/aromatic N) is 4. The standard InChI is InChI=1S/C28H24F4N4O2/c1-18-17-35(14-15-36(18)25(37)16-19-6-12-22(13-7-19)38-28(30,31)32)27-24-5-3-2-4-23(24)26(33-34-27)20-8-10-21(29)11-9-20/h2-13,18H,14-17H2,1H3. The minimum atomic E-state index is -4.76. The van der Waals surface area contributed by atoms with Gasteiger partial charge in [0.15, 0.2) is 5.82 Å². The van der Waals surface area contributed by atoms with E-state index in [1.807, 2.05) is 31.2 Å². The van der Waals surface area contributed by atoms with Crippen LogP contribution < -0.4 is 9.64 Å². The number of rotatable bonds is 5. The van der Waals surface area contributed by atoms with Crippen LogP contribution in [0, 0.1) is 5.82 Å². The first-order valence-corrected chi connectivity index (χ1v) is 12.1. The van der Waals surface area contributed by atoms with E-state index in [0.717, 1.165) is 16.3 Å². The molecule has 1 saturated heterocycles. The summed E-state index contributed by atoms with van der Waals surface area (Å²) in [5, 5.41) is 10.8. The van der Waals surface area contributed by atoms with Crippen LogP contribution >= 0.6 is 0 Å². The van der Waals surface area contributed by atoms with E-state index in [2.05, 4.69) is 19.8 Å². The van der Waals surface area contributed by atoms with E-state index in [4.69, 9.17) is 0 Å². The Morgan fingerprint density at radius 1 is 0.947 bits per heavy atom. The first kappa shape index (κ1) is 25.4. The summed E-state index contributed by atoms with van der Waals surface area (Å²) < 4.78 is 54.5. The highest BCUT2D eigenvalue weighted by atomic mass is 19.4. The molecular weight excluding hydrogens is 500 g/mol. The van der Waals surface area contributed by atoms with Crippen LogP contribution in [0.2, 0.25) is 0 Å². The number of hydrogen-bond acceptors (Lipinski definition) is 5. The predicted octanol–water partition coefficient (Wildman–Crippen LogP) is 5.61. The van der Waals surface area contributed by atoms with Crippen LogP contribution in [0.15, 0.2) is 72.8 Å². The van der Waals surface area contributed by atoms with E-state index in [9.17, 15) is 22.4 Å². The Hall–Kier alpha value is -4.21. The minimum absolute atomic E-state index is 0.0751. The topological polar surface area (TPSA) is 58.6 Å². The first-order chi connectivity index (χ1) is 18.2. The summed E-state index contributed by atoms with van der Waals surface area (Å²) in [5.74, 6) is -0.0408. The van der Waals surface area contributed by atoms with Gasteiger partial charge in [0.2, 0.25) is 5.91 Å². The third kappa shape index (κ3) is 5.53. The highest BCUT2D eigenvalue weighted by molar-refractivity contribution is 6.00. The fourth-order valence-corrected chi connectivity index (χ4v) is 4.75. The molecule has 1 fully saturated rings. The van der Waals surface area contributed by atoms with Crippen LogP contribution in [0.5, 0.6) is 5.75 Å². The van der Waals surface area contributed by atoms with E-state index >= 15 is 0 Å². The van der Waals surface area contributed by atoms with Crippen LogP contribution in [0.1, 0.15) is 12.5 Å². The van der Waals surface area contributed by atoms with E-state index < -0.39 is 6.36 Å². The molecule has 196 valence electrons. The molecule has 1 unspecified atom stereocenters. The lowest BCUT2D eigenvalue weighted by atomic mass is 10.0. The lowest BCUT2D eigenvalue weighted by molar-refractivity contribution is -0.274. The highest BCUT2D eigenvalue weighted by Crippen LogP contribution is 2.32. The maximum atomic E-state index is 13.4. The Morgan fingerprint density at radius 2 is 1.63 bits per heavy atom. The second-order valence-corrected chi connectivity index (χ2v) is 9.18. The summed E-state index contributed by atoms with van der Waals surface area (Å²) in [6.07, 6.45) is -4.69. The van der Waals surface area contributed by atoms with Gasteiger partial charge in [-0.05, 0) is 48.9 Å². The van der Waals surface area contributed by atoms with Gasteiger partial charge in [0.05, 0.1) is 6.42 Å². The maximum Gasteiger partial charge on any atom is 0.573 e. The van der Waals surface area contributed by atoms with Crippen molar-refractivity contribution in [3.8, 4) is 17.0 Å². The zero-order chi connectivity index (χ0) is 26.9. The van der Waals surface area contributed by atoms with Crippen LogP contribution in [0.3, 0.4) is 0 Å². The number of piperazine rings is 1. The average molecular weight is 525 g/mol. The summed E-state index contributed by atoms with van der Waals surface area (Å²) in [4.78, 5) is 16.9. The number of ether oxygens (including phenoxy) is 1. The molecule has 3 aromatic carbocycles. The number of hydrogen-bond donors (Lipinski definition) is 0. The smallest absolute Gasteiger partial charge is 0.406 e. The number of amides is 1. The number of carbonyl (C=O) groups excluding carboxylic acids is 1. The van der Waals surface area contributed by atoms with Gasteiger partial charge in [0, 0.05) is 42.0 Å². The maximum absolute atomic E-state index is 13.4. The largest absolute Gasteiger partial charge is 0.573 e. The number of fused-ring (bicyclic) bond motifs is 1. The van der Waals surface area contributed by atoms with Gasteiger partial charge in [0.25, 0.3) is 0 Å². The molecule has 10 heteroatoms. The Balaban J connectivity index is 1.29. The van der Waals surface area contributed by atoms with Gasteiger partial charge in [-0.1, -0.05) is 36.4 Å². The second kappa shape index (κ2) is 10.3. The Kier molecular flexibility index (Phi) is 6.88. The van der Waals surface area contributed by atoms with Gasteiger partial charge >= 0.3 is 6.36 Å². The van der Waals surface area contributed by atoms with Crippen LogP contribution in [0.25, 0.3) is 22.0 Å². The summed E-state index contributed by atoms with van der Waals surface area (Å²) in [6, 6.07) is 19.1. The van der Waals surface area contributed by atoms with Crippen LogP contribution in [0.4, 0.5) is 23.4 Å². The Bertz CT molecular complexity index is 1440. The third-order valence-electron chi connectivity index (χ3n) is 6.55. The molecule has 1 aliphatic heterocycles. The molecule has 1 atom stereocenters. The van der Waals surface area contributed by atoms with Crippen molar-refractivity contribution in [2.24, 2.45) is 0 Å². The van der Waals surface area contributed by atoms with Crippen LogP contribution in [-0.2, 0) is 11.2 Å². The predicted molar refractivity (Wildman–Crippen MR) is 135 cm³/mol. The second-order valence-electron chi connectivity index (χ2n) is 9.18. The molecule has 2 heterocycles. The van der Waals surface area contributed by atoms with E-state index in [1.165, 1.54) is 36.4 Å². The minimum Gasteiger partial charge on any atom is -0.406 e. The molecule has 0 spiro atoms. The molecule has 0 N–H and O–H groups in total. The normalized spacial score (nSPS) is 16.1. The molecular formula is C28H24F4N4O2. The average Bonchev–Trinajstić information content (AvgIpc) is 2.89. The molecule has 1 aliphatic rings. The highest BCUT2D eigenvalue weighted by Gasteiger charge is 2.31. The molecule has 0 saturated carbocycles. The molecule has 5 rings (SSSR count). The molecule has 38 heavy (non-hydrogen) atoms. The van der Waals surface area contributed by atoms with Gasteiger partial charge in [-0.3, -0.25) is 4.79 Å². The van der Waals surface area contributed by atoms with Crippen LogP contribution in [-0.4, -0.2) is 53.0 Å². The number of benzene rings is 3. The van der Waals surface area contributed by atoms with E-state index in [1.54, 1.807) is 17.0 Å².